The number of nitrogens with one attached hydrogen (secondary N) is 2. The fraction of sp³-hybridized carbons (Fsp3) is 0.143. The quantitative estimate of drug-likeness (QED) is 0.471. The van der Waals surface area contributed by atoms with Crippen LogP contribution in [0.3, 0.4) is 0 Å². The number of carbonyl (C=O) groups is 1. The molecule has 1 fully saturated rings. The average Bonchev–Trinajstić information content (AvgIpc) is 3.22. The molecule has 2 aromatic carbocycles. The summed E-state index contributed by atoms with van der Waals surface area (Å²) < 4.78 is 21.8. The second kappa shape index (κ2) is 6.72. The third-order valence-corrected chi connectivity index (χ3v) is 5.80. The minimum Gasteiger partial charge on any atom is -0.377 e. The van der Waals surface area contributed by atoms with Gasteiger partial charge in [-0.2, -0.15) is 5.26 Å². The molecule has 0 unspecified atom stereocenters. The maximum atomic E-state index is 14.2. The molecule has 1 aliphatic heterocycles. The Labute approximate surface area is 173 Å². The monoisotopic (exact) mass is 452 g/mol. The van der Waals surface area contributed by atoms with Crippen LogP contribution in [0.2, 0.25) is 0 Å². The van der Waals surface area contributed by atoms with E-state index in [1.165, 1.54) is 6.07 Å². The number of ether oxygens (including phenoxy) is 1. The zero-order valence-electron chi connectivity index (χ0n) is 15.0. The van der Waals surface area contributed by atoms with Crippen LogP contribution < -0.4 is 5.32 Å². The number of aromatic amines is 1. The van der Waals surface area contributed by atoms with Crippen molar-refractivity contribution in [2.24, 2.45) is 0 Å². The molecule has 4 aromatic rings. The van der Waals surface area contributed by atoms with E-state index in [1.54, 1.807) is 36.7 Å². The number of anilines is 1. The third-order valence-electron chi connectivity index (χ3n) is 5.19. The first-order chi connectivity index (χ1) is 14.0. The Morgan fingerprint density at radius 3 is 2.86 bits per heavy atom. The van der Waals surface area contributed by atoms with Crippen LogP contribution in [0, 0.1) is 17.1 Å². The topological polar surface area (TPSA) is 82.8 Å². The zero-order chi connectivity index (χ0) is 20.1. The van der Waals surface area contributed by atoms with Crippen molar-refractivity contribution in [2.75, 3.05) is 18.5 Å². The maximum absolute atomic E-state index is 14.2. The smallest absolute Gasteiger partial charge is 0.257 e. The van der Waals surface area contributed by atoms with Gasteiger partial charge in [0.05, 0.1) is 52.1 Å². The number of benzene rings is 2. The van der Waals surface area contributed by atoms with E-state index in [-0.39, 0.29) is 11.9 Å². The van der Waals surface area contributed by atoms with Gasteiger partial charge in [0, 0.05) is 28.7 Å². The van der Waals surface area contributed by atoms with Crippen LogP contribution in [0.25, 0.3) is 21.8 Å². The van der Waals surface area contributed by atoms with Gasteiger partial charge in [-0.3, -0.25) is 4.79 Å². The summed E-state index contributed by atoms with van der Waals surface area (Å²) in [4.78, 5) is 16.2. The van der Waals surface area contributed by atoms with Gasteiger partial charge in [0.2, 0.25) is 0 Å². The summed E-state index contributed by atoms with van der Waals surface area (Å²) in [5, 5.41) is 13.3. The third kappa shape index (κ3) is 2.90. The lowest BCUT2D eigenvalue weighted by Gasteiger charge is -2.28. The van der Waals surface area contributed by atoms with E-state index in [4.69, 9.17) is 10.00 Å². The highest BCUT2D eigenvalue weighted by Crippen LogP contribution is 2.33. The van der Waals surface area contributed by atoms with Gasteiger partial charge < -0.3 is 19.6 Å². The fourth-order valence-corrected chi connectivity index (χ4v) is 3.93. The molecule has 8 heteroatoms. The van der Waals surface area contributed by atoms with Crippen LogP contribution in [0.1, 0.15) is 22.0 Å². The number of rotatable bonds is 3. The molecule has 0 bridgehead atoms. The van der Waals surface area contributed by atoms with Gasteiger partial charge in [-0.25, -0.2) is 4.39 Å². The maximum Gasteiger partial charge on any atom is 0.257 e. The minimum absolute atomic E-state index is 0.114. The Hall–Kier alpha value is -3.15. The van der Waals surface area contributed by atoms with Crippen molar-refractivity contribution >= 4 is 49.3 Å². The summed E-state index contributed by atoms with van der Waals surface area (Å²) in [5.41, 5.74) is 3.02. The highest BCUT2D eigenvalue weighted by atomic mass is 79.9. The first kappa shape index (κ1) is 17.9. The summed E-state index contributed by atoms with van der Waals surface area (Å²) in [6.07, 6.45) is 3.43. The van der Waals surface area contributed by atoms with Gasteiger partial charge in [0.1, 0.15) is 5.82 Å². The first-order valence-corrected chi connectivity index (χ1v) is 9.74. The van der Waals surface area contributed by atoms with E-state index in [2.05, 4.69) is 32.3 Å². The van der Waals surface area contributed by atoms with Gasteiger partial charge in [-0.1, -0.05) is 0 Å². The molecule has 0 aliphatic carbocycles. The number of amides is 1. The van der Waals surface area contributed by atoms with Crippen molar-refractivity contribution in [3.8, 4) is 6.07 Å². The lowest BCUT2D eigenvalue weighted by molar-refractivity contribution is -0.0214. The molecule has 0 radical (unpaired) electrons. The van der Waals surface area contributed by atoms with E-state index in [9.17, 15) is 9.18 Å². The summed E-state index contributed by atoms with van der Waals surface area (Å²) in [7, 11) is 0. The first-order valence-electron chi connectivity index (χ1n) is 8.95. The van der Waals surface area contributed by atoms with Crippen LogP contribution in [0.15, 0.2) is 47.2 Å². The summed E-state index contributed by atoms with van der Waals surface area (Å²) in [6.45, 7) is 1.11. The van der Waals surface area contributed by atoms with Crippen LogP contribution in [-0.2, 0) is 4.74 Å². The van der Waals surface area contributed by atoms with E-state index in [0.717, 1.165) is 16.4 Å². The Morgan fingerprint density at radius 1 is 1.31 bits per heavy atom. The van der Waals surface area contributed by atoms with Crippen LogP contribution in [-0.4, -0.2) is 28.7 Å². The molecular weight excluding hydrogens is 439 g/mol. The Bertz CT molecular complexity index is 1330. The molecule has 1 saturated heterocycles. The molecule has 0 spiro atoms. The largest absolute Gasteiger partial charge is 0.377 e. The number of nitriles is 1. The van der Waals surface area contributed by atoms with E-state index >= 15 is 0 Å². The summed E-state index contributed by atoms with van der Waals surface area (Å²) in [5.74, 6) is -0.779. The number of carbonyl (C=O) groups excluding carboxylic acids is 1. The number of H-pyrrole nitrogens is 1. The van der Waals surface area contributed by atoms with Gasteiger partial charge in [-0.05, 0) is 46.3 Å². The lowest BCUT2D eigenvalue weighted by atomic mass is 10.1. The zero-order valence-corrected chi connectivity index (χ0v) is 16.6. The van der Waals surface area contributed by atoms with Crippen molar-refractivity contribution in [1.29, 1.82) is 5.26 Å². The van der Waals surface area contributed by atoms with E-state index in [0.29, 0.717) is 39.9 Å². The number of aromatic nitrogens is 2. The number of nitrogens with zero attached hydrogens (tertiary/aromatic N) is 2. The number of fused-ring (bicyclic) bond motifs is 2. The summed E-state index contributed by atoms with van der Waals surface area (Å²) in [6, 6.07) is 10.5. The van der Waals surface area contributed by atoms with Crippen molar-refractivity contribution in [2.45, 2.75) is 6.04 Å². The standard InChI is InChI=1S/C21H14BrFN4O2/c22-16-5-20-13(4-17(16)23)15(8-27(20)12-9-29-10-12)21(28)26-19-7-25-18-2-1-11(6-24)3-14(18)19/h1-5,7-8,12,25H,9-10H2,(H,26,28). The molecule has 29 heavy (non-hydrogen) atoms. The van der Waals surface area contributed by atoms with Gasteiger partial charge >= 0.3 is 0 Å². The molecule has 1 amide bonds. The molecule has 3 heterocycles. The number of hydrogen-bond donors (Lipinski definition) is 2. The minimum atomic E-state index is -0.431. The molecular formula is C21H14BrFN4O2. The van der Waals surface area contributed by atoms with Crippen LogP contribution in [0.4, 0.5) is 10.1 Å². The molecule has 2 aromatic heterocycles. The second-order valence-electron chi connectivity index (χ2n) is 6.95. The van der Waals surface area contributed by atoms with Crippen molar-refractivity contribution in [1.82, 2.24) is 9.55 Å². The van der Waals surface area contributed by atoms with Gasteiger partial charge in [0.15, 0.2) is 0 Å². The van der Waals surface area contributed by atoms with Crippen LogP contribution in [0.5, 0.6) is 0 Å². The van der Waals surface area contributed by atoms with Crippen molar-refractivity contribution in [3.05, 3.63) is 64.1 Å². The molecule has 144 valence electrons. The fourth-order valence-electron chi connectivity index (χ4n) is 3.59. The molecule has 6 nitrogen and oxygen atoms in total. The Kier molecular flexibility index (Phi) is 4.15. The number of hydrogen-bond acceptors (Lipinski definition) is 3. The van der Waals surface area contributed by atoms with Gasteiger partial charge in [-0.15, -0.1) is 0 Å². The highest BCUT2D eigenvalue weighted by Gasteiger charge is 2.26. The van der Waals surface area contributed by atoms with E-state index < -0.39 is 5.82 Å². The van der Waals surface area contributed by atoms with E-state index in [1.807, 2.05) is 4.57 Å². The van der Waals surface area contributed by atoms with Crippen molar-refractivity contribution < 1.29 is 13.9 Å². The SMILES string of the molecule is N#Cc1ccc2[nH]cc(NC(=O)c3cn(C4COC4)c4cc(Br)c(F)cc34)c2c1. The lowest BCUT2D eigenvalue weighted by Crippen LogP contribution is -2.30. The second-order valence-corrected chi connectivity index (χ2v) is 7.81. The van der Waals surface area contributed by atoms with Gasteiger partial charge in [0.25, 0.3) is 5.91 Å². The average molecular weight is 453 g/mol. The predicted octanol–water partition coefficient (Wildman–Crippen LogP) is 4.72. The molecule has 0 saturated carbocycles. The van der Waals surface area contributed by atoms with Crippen LogP contribution >= 0.6 is 15.9 Å². The molecule has 5 rings (SSSR count). The van der Waals surface area contributed by atoms with Crippen molar-refractivity contribution in [3.63, 3.8) is 0 Å². The highest BCUT2D eigenvalue weighted by molar-refractivity contribution is 9.10. The molecule has 1 aliphatic rings. The Balaban J connectivity index is 1.58. The summed E-state index contributed by atoms with van der Waals surface area (Å²) >= 11 is 3.22. The Morgan fingerprint density at radius 2 is 2.14 bits per heavy atom. The number of halogens is 2. The molecule has 2 N–H and O–H groups in total. The molecule has 0 atom stereocenters. The normalized spacial score (nSPS) is 14.1. The predicted molar refractivity (Wildman–Crippen MR) is 110 cm³/mol.